The minimum absolute atomic E-state index is 0.214. The number of nitrogens with zero attached hydrogens (tertiary/aromatic N) is 2. The molecular formula is C27H25N3O5. The molecule has 0 bridgehead atoms. The van der Waals surface area contributed by atoms with Crippen molar-refractivity contribution in [2.75, 3.05) is 13.7 Å². The molecule has 1 aliphatic heterocycles. The summed E-state index contributed by atoms with van der Waals surface area (Å²) < 4.78 is 11.1. The van der Waals surface area contributed by atoms with Gasteiger partial charge in [-0.3, -0.25) is 19.6 Å². The molecule has 5 rings (SSSR count). The van der Waals surface area contributed by atoms with Crippen molar-refractivity contribution in [1.29, 1.82) is 0 Å². The van der Waals surface area contributed by atoms with Gasteiger partial charge in [-0.1, -0.05) is 29.8 Å². The zero-order chi connectivity index (χ0) is 24.8. The smallest absolute Gasteiger partial charge is 0.290 e. The normalized spacial score (nSPS) is 16.2. The van der Waals surface area contributed by atoms with E-state index < -0.39 is 5.54 Å². The van der Waals surface area contributed by atoms with Crippen LogP contribution in [0.25, 0.3) is 10.9 Å². The summed E-state index contributed by atoms with van der Waals surface area (Å²) in [6.45, 7) is 2.27. The molecule has 0 saturated heterocycles. The van der Waals surface area contributed by atoms with Gasteiger partial charge >= 0.3 is 0 Å². The van der Waals surface area contributed by atoms with Crippen molar-refractivity contribution < 1.29 is 24.2 Å². The zero-order valence-corrected chi connectivity index (χ0v) is 19.4. The Morgan fingerprint density at radius 3 is 2.66 bits per heavy atom. The van der Waals surface area contributed by atoms with Gasteiger partial charge in [0.2, 0.25) is 0 Å². The lowest BCUT2D eigenvalue weighted by Gasteiger charge is -2.39. The number of aryl methyl sites for hydroxylation is 1. The number of nitrogens with one attached hydrogen (secondary N) is 1. The molecule has 8 nitrogen and oxygen atoms in total. The Bertz CT molecular complexity index is 1360. The van der Waals surface area contributed by atoms with Crippen molar-refractivity contribution in [3.8, 4) is 11.5 Å². The molecule has 0 fully saturated rings. The summed E-state index contributed by atoms with van der Waals surface area (Å²) in [6, 6.07) is 19.4. The molecule has 178 valence electrons. The fraction of sp³-hybridized carbons (Fsp3) is 0.185. The number of ether oxygens (including phenoxy) is 2. The SMILES string of the molecule is COc1ccc2cc(C(=O)N[C@]3(c4ccc(C)cc4)CCOc4cccnc43)cnc2c1.O=CO. The maximum absolute atomic E-state index is 13.5. The maximum Gasteiger partial charge on any atom is 0.290 e. The first-order valence-electron chi connectivity index (χ1n) is 11.0. The van der Waals surface area contributed by atoms with Gasteiger partial charge in [-0.2, -0.15) is 0 Å². The summed E-state index contributed by atoms with van der Waals surface area (Å²) in [4.78, 5) is 30.9. The van der Waals surface area contributed by atoms with Crippen LogP contribution in [0.3, 0.4) is 0 Å². The third kappa shape index (κ3) is 4.77. The van der Waals surface area contributed by atoms with Crippen molar-refractivity contribution in [1.82, 2.24) is 15.3 Å². The quantitative estimate of drug-likeness (QED) is 0.431. The number of amides is 1. The van der Waals surface area contributed by atoms with Gasteiger partial charge in [0, 0.05) is 30.3 Å². The Morgan fingerprint density at radius 2 is 1.91 bits per heavy atom. The molecule has 4 aromatic rings. The van der Waals surface area contributed by atoms with Gasteiger partial charge in [0.1, 0.15) is 22.7 Å². The van der Waals surface area contributed by atoms with Gasteiger partial charge in [-0.15, -0.1) is 0 Å². The molecular weight excluding hydrogens is 446 g/mol. The summed E-state index contributed by atoms with van der Waals surface area (Å²) in [6.07, 6.45) is 3.90. The van der Waals surface area contributed by atoms with E-state index in [1.807, 2.05) is 67.6 Å². The predicted octanol–water partition coefficient (Wildman–Crippen LogP) is 4.10. The highest BCUT2D eigenvalue weighted by atomic mass is 16.5. The van der Waals surface area contributed by atoms with Crippen LogP contribution in [0.5, 0.6) is 11.5 Å². The van der Waals surface area contributed by atoms with Gasteiger partial charge in [0.15, 0.2) is 0 Å². The van der Waals surface area contributed by atoms with Crippen molar-refractivity contribution in [3.05, 3.63) is 95.4 Å². The monoisotopic (exact) mass is 471 g/mol. The highest BCUT2D eigenvalue weighted by Crippen LogP contribution is 2.40. The number of hydrogen-bond acceptors (Lipinski definition) is 6. The number of benzene rings is 2. The molecule has 2 N–H and O–H groups in total. The zero-order valence-electron chi connectivity index (χ0n) is 19.4. The van der Waals surface area contributed by atoms with Crippen LogP contribution in [0.4, 0.5) is 0 Å². The summed E-state index contributed by atoms with van der Waals surface area (Å²) in [5.74, 6) is 1.20. The van der Waals surface area contributed by atoms with Crippen LogP contribution < -0.4 is 14.8 Å². The highest BCUT2D eigenvalue weighted by molar-refractivity contribution is 5.98. The molecule has 35 heavy (non-hydrogen) atoms. The van der Waals surface area contributed by atoms with Crippen LogP contribution in [-0.4, -0.2) is 41.2 Å². The molecule has 1 amide bonds. The van der Waals surface area contributed by atoms with Crippen LogP contribution in [0.15, 0.2) is 73.1 Å². The summed E-state index contributed by atoms with van der Waals surface area (Å²) in [5.41, 5.74) is 3.29. The van der Waals surface area contributed by atoms with E-state index in [-0.39, 0.29) is 12.4 Å². The second kappa shape index (κ2) is 10.2. The molecule has 8 heteroatoms. The topological polar surface area (TPSA) is 111 Å². The number of carbonyl (C=O) groups excluding carboxylic acids is 1. The van der Waals surface area contributed by atoms with E-state index in [9.17, 15) is 4.79 Å². The number of hydrogen-bond donors (Lipinski definition) is 2. The molecule has 0 spiro atoms. The molecule has 2 aromatic carbocycles. The Morgan fingerprint density at radius 1 is 1.14 bits per heavy atom. The maximum atomic E-state index is 13.5. The summed E-state index contributed by atoms with van der Waals surface area (Å²) in [5, 5.41) is 11.0. The van der Waals surface area contributed by atoms with Crippen molar-refractivity contribution >= 4 is 23.3 Å². The van der Waals surface area contributed by atoms with Gasteiger partial charge in [0.05, 0.1) is 24.8 Å². The lowest BCUT2D eigenvalue weighted by molar-refractivity contribution is -0.122. The van der Waals surface area contributed by atoms with Gasteiger partial charge in [0.25, 0.3) is 12.4 Å². The second-order valence-electron chi connectivity index (χ2n) is 8.06. The fourth-order valence-corrected chi connectivity index (χ4v) is 4.19. The second-order valence-corrected chi connectivity index (χ2v) is 8.06. The average Bonchev–Trinajstić information content (AvgIpc) is 2.89. The van der Waals surface area contributed by atoms with Crippen molar-refractivity contribution in [2.45, 2.75) is 18.9 Å². The van der Waals surface area contributed by atoms with Gasteiger partial charge in [-0.25, -0.2) is 0 Å². The van der Waals surface area contributed by atoms with E-state index in [1.54, 1.807) is 19.5 Å². The highest BCUT2D eigenvalue weighted by Gasteiger charge is 2.42. The van der Waals surface area contributed by atoms with Crippen LogP contribution in [0, 0.1) is 6.92 Å². The standard InChI is InChI=1S/C26H23N3O3.CH2O2/c1-17-5-8-20(9-6-17)26(11-13-32-23-4-3-12-27-24(23)26)29-25(30)19-14-18-7-10-21(31-2)15-22(18)28-16-19;2-1-3/h3-10,12,14-16H,11,13H2,1-2H3,(H,29,30);1H,(H,2,3)/t26-;/m0./s1. The number of methoxy groups -OCH3 is 1. The van der Waals surface area contributed by atoms with E-state index >= 15 is 0 Å². The van der Waals surface area contributed by atoms with Crippen molar-refractivity contribution in [3.63, 3.8) is 0 Å². The van der Waals surface area contributed by atoms with Crippen LogP contribution in [-0.2, 0) is 10.3 Å². The third-order valence-corrected chi connectivity index (χ3v) is 5.93. The van der Waals surface area contributed by atoms with Crippen molar-refractivity contribution in [2.24, 2.45) is 0 Å². The largest absolute Gasteiger partial charge is 0.497 e. The van der Waals surface area contributed by atoms with E-state index in [4.69, 9.17) is 19.4 Å². The molecule has 3 heterocycles. The first kappa shape index (κ1) is 23.7. The lowest BCUT2D eigenvalue weighted by Crippen LogP contribution is -2.50. The van der Waals surface area contributed by atoms with E-state index in [0.29, 0.717) is 30.0 Å². The average molecular weight is 472 g/mol. The molecule has 1 aliphatic rings. The van der Waals surface area contributed by atoms with Crippen LogP contribution >= 0.6 is 0 Å². The number of carboxylic acid groups (broad SMARTS) is 1. The molecule has 0 unspecified atom stereocenters. The minimum Gasteiger partial charge on any atom is -0.497 e. The molecule has 1 atom stereocenters. The Labute approximate surface area is 202 Å². The van der Waals surface area contributed by atoms with Gasteiger partial charge < -0.3 is 19.9 Å². The number of rotatable bonds is 4. The minimum atomic E-state index is -0.797. The summed E-state index contributed by atoms with van der Waals surface area (Å²) in [7, 11) is 1.62. The molecule has 0 aliphatic carbocycles. The Hall–Kier alpha value is -4.46. The first-order chi connectivity index (χ1) is 17.0. The number of pyridine rings is 2. The van der Waals surface area contributed by atoms with Gasteiger partial charge in [-0.05, 0) is 42.8 Å². The predicted molar refractivity (Wildman–Crippen MR) is 131 cm³/mol. The number of carbonyl (C=O) groups is 2. The molecule has 0 saturated carbocycles. The van der Waals surface area contributed by atoms with E-state index in [2.05, 4.69) is 15.3 Å². The third-order valence-electron chi connectivity index (χ3n) is 5.93. The Kier molecular flexibility index (Phi) is 6.91. The van der Waals surface area contributed by atoms with E-state index in [0.717, 1.165) is 27.8 Å². The molecule has 0 radical (unpaired) electrons. The fourth-order valence-electron chi connectivity index (χ4n) is 4.19. The number of fused-ring (bicyclic) bond motifs is 2. The van der Waals surface area contributed by atoms with E-state index in [1.165, 1.54) is 0 Å². The van der Waals surface area contributed by atoms with Crippen LogP contribution in [0.1, 0.15) is 33.6 Å². The Balaban J connectivity index is 0.000000917. The van der Waals surface area contributed by atoms with Crippen LogP contribution in [0.2, 0.25) is 0 Å². The lowest BCUT2D eigenvalue weighted by atomic mass is 9.81. The molecule has 2 aromatic heterocycles. The first-order valence-corrected chi connectivity index (χ1v) is 11.0. The summed E-state index contributed by atoms with van der Waals surface area (Å²) >= 11 is 0. The number of aromatic nitrogens is 2.